The number of ether oxygens (including phenoxy) is 1. The van der Waals surface area contributed by atoms with Crippen molar-refractivity contribution in [1.82, 2.24) is 14.5 Å². The number of nitrogens with zero attached hydrogens (tertiary/aromatic N) is 3. The molecule has 168 valence electrons. The molecule has 7 heteroatoms. The molecule has 1 aliphatic rings. The Bertz CT molecular complexity index is 1360. The lowest BCUT2D eigenvalue weighted by Gasteiger charge is -2.18. The molecule has 33 heavy (non-hydrogen) atoms. The summed E-state index contributed by atoms with van der Waals surface area (Å²) in [7, 11) is 1.98. The molecule has 2 aromatic heterocycles. The summed E-state index contributed by atoms with van der Waals surface area (Å²) in [6, 6.07) is 14.2. The molecule has 1 N–H and O–H groups in total. The van der Waals surface area contributed by atoms with Gasteiger partial charge in [-0.05, 0) is 61.9 Å². The average Bonchev–Trinajstić information content (AvgIpc) is 3.35. The second-order valence-electron chi connectivity index (χ2n) is 8.31. The van der Waals surface area contributed by atoms with Gasteiger partial charge in [0.15, 0.2) is 11.6 Å². The monoisotopic (exact) mass is 444 g/mol. The van der Waals surface area contributed by atoms with Gasteiger partial charge in [0.05, 0.1) is 12.6 Å². The van der Waals surface area contributed by atoms with E-state index in [0.717, 1.165) is 22.0 Å². The molecule has 1 amide bonds. The number of amides is 1. The van der Waals surface area contributed by atoms with E-state index >= 15 is 0 Å². The Labute approximate surface area is 191 Å². The first-order valence-electron chi connectivity index (χ1n) is 11.0. The molecule has 1 atom stereocenters. The van der Waals surface area contributed by atoms with E-state index in [9.17, 15) is 9.18 Å². The van der Waals surface area contributed by atoms with Gasteiger partial charge in [-0.1, -0.05) is 6.07 Å². The third kappa shape index (κ3) is 3.80. The number of fused-ring (bicyclic) bond motifs is 2. The highest BCUT2D eigenvalue weighted by atomic mass is 19.1. The summed E-state index contributed by atoms with van der Waals surface area (Å²) in [5, 5.41) is 4.38. The van der Waals surface area contributed by atoms with E-state index in [2.05, 4.69) is 10.3 Å². The maximum atomic E-state index is 14.9. The van der Waals surface area contributed by atoms with Crippen LogP contribution in [0.3, 0.4) is 0 Å². The molecule has 0 saturated carbocycles. The maximum Gasteiger partial charge on any atom is 0.254 e. The van der Waals surface area contributed by atoms with Crippen molar-refractivity contribution in [1.29, 1.82) is 0 Å². The van der Waals surface area contributed by atoms with Gasteiger partial charge in [-0.3, -0.25) is 4.79 Å². The minimum atomic E-state index is -0.437. The van der Waals surface area contributed by atoms with Crippen molar-refractivity contribution >= 4 is 22.6 Å². The number of benzene rings is 2. The zero-order chi connectivity index (χ0) is 23.1. The first kappa shape index (κ1) is 21.0. The molecule has 0 unspecified atom stereocenters. The molecule has 0 saturated heterocycles. The highest BCUT2D eigenvalue weighted by Crippen LogP contribution is 2.32. The van der Waals surface area contributed by atoms with Crippen molar-refractivity contribution in [3.63, 3.8) is 0 Å². The van der Waals surface area contributed by atoms with E-state index < -0.39 is 5.82 Å². The number of rotatable bonds is 6. The lowest BCUT2D eigenvalue weighted by Crippen LogP contribution is -2.22. The van der Waals surface area contributed by atoms with E-state index in [0.29, 0.717) is 30.2 Å². The molecular formula is C26H25FN4O2. The number of nitrogens with one attached hydrogen (secondary N) is 1. The Morgan fingerprint density at radius 2 is 2.03 bits per heavy atom. The number of carbonyl (C=O) groups excluding carboxylic acids is 1. The standard InChI is InChI=1S/C26H25FN4O2/c1-4-31-15-21-20(26(31)32)9-11-28-25(21)29-16(2)17-5-8-24(22(27)14-17)33-19-6-7-23-18(13-19)10-12-30(23)3/h5-14,16H,4,15H2,1-3H3,(H,28,29)/t16-/m0/s1. The Morgan fingerprint density at radius 1 is 1.18 bits per heavy atom. The fraction of sp³-hybridized carbons (Fsp3) is 0.231. The predicted molar refractivity (Wildman–Crippen MR) is 126 cm³/mol. The Morgan fingerprint density at radius 3 is 2.82 bits per heavy atom. The summed E-state index contributed by atoms with van der Waals surface area (Å²) < 4.78 is 22.7. The molecule has 3 heterocycles. The summed E-state index contributed by atoms with van der Waals surface area (Å²) in [4.78, 5) is 18.7. The van der Waals surface area contributed by atoms with Crippen LogP contribution in [-0.2, 0) is 13.6 Å². The summed E-state index contributed by atoms with van der Waals surface area (Å²) in [6.45, 7) is 5.07. The Balaban J connectivity index is 1.34. The third-order valence-corrected chi connectivity index (χ3v) is 6.20. The highest BCUT2D eigenvalue weighted by Gasteiger charge is 2.29. The number of hydrogen-bond acceptors (Lipinski definition) is 4. The number of carbonyl (C=O) groups is 1. The summed E-state index contributed by atoms with van der Waals surface area (Å²) in [5.74, 6) is 0.991. The van der Waals surface area contributed by atoms with Crippen LogP contribution in [0.1, 0.15) is 41.4 Å². The van der Waals surface area contributed by atoms with Crippen LogP contribution >= 0.6 is 0 Å². The van der Waals surface area contributed by atoms with Crippen molar-refractivity contribution in [2.24, 2.45) is 7.05 Å². The van der Waals surface area contributed by atoms with Gasteiger partial charge in [0.25, 0.3) is 5.91 Å². The van der Waals surface area contributed by atoms with E-state index in [1.54, 1.807) is 23.2 Å². The lowest BCUT2D eigenvalue weighted by atomic mass is 10.1. The molecule has 5 rings (SSSR count). The van der Waals surface area contributed by atoms with Crippen molar-refractivity contribution in [2.75, 3.05) is 11.9 Å². The Kier molecular flexibility index (Phi) is 5.24. The zero-order valence-electron chi connectivity index (χ0n) is 18.8. The second kappa shape index (κ2) is 8.24. The molecule has 0 fully saturated rings. The van der Waals surface area contributed by atoms with Gasteiger partial charge < -0.3 is 19.5 Å². The van der Waals surface area contributed by atoms with Gasteiger partial charge in [0, 0.05) is 48.0 Å². The van der Waals surface area contributed by atoms with Gasteiger partial charge in [0.2, 0.25) is 0 Å². The SMILES string of the molecule is CCN1Cc2c(ccnc2N[C@@H](C)c2ccc(Oc3ccc4c(ccn4C)c3)c(F)c2)C1=O. The zero-order valence-corrected chi connectivity index (χ0v) is 18.8. The summed E-state index contributed by atoms with van der Waals surface area (Å²) in [5.41, 5.74) is 3.40. The number of aromatic nitrogens is 2. The fourth-order valence-electron chi connectivity index (χ4n) is 4.27. The van der Waals surface area contributed by atoms with Crippen LogP contribution in [0.4, 0.5) is 10.2 Å². The van der Waals surface area contributed by atoms with Crippen LogP contribution in [-0.4, -0.2) is 26.9 Å². The normalized spacial score (nSPS) is 13.9. The van der Waals surface area contributed by atoms with Crippen LogP contribution in [0, 0.1) is 5.82 Å². The number of hydrogen-bond donors (Lipinski definition) is 1. The third-order valence-electron chi connectivity index (χ3n) is 6.20. The van der Waals surface area contributed by atoms with Crippen LogP contribution in [0.2, 0.25) is 0 Å². The minimum absolute atomic E-state index is 0.0202. The minimum Gasteiger partial charge on any atom is -0.454 e. The van der Waals surface area contributed by atoms with Gasteiger partial charge >= 0.3 is 0 Å². The van der Waals surface area contributed by atoms with Crippen molar-refractivity contribution in [2.45, 2.75) is 26.4 Å². The molecule has 2 aromatic carbocycles. The molecule has 4 aromatic rings. The summed E-state index contributed by atoms with van der Waals surface area (Å²) in [6.07, 6.45) is 3.61. The van der Waals surface area contributed by atoms with Crippen LogP contribution in [0.15, 0.2) is 60.9 Å². The first-order chi connectivity index (χ1) is 15.9. The molecule has 0 spiro atoms. The smallest absolute Gasteiger partial charge is 0.254 e. The molecular weight excluding hydrogens is 419 g/mol. The number of anilines is 1. The van der Waals surface area contributed by atoms with Crippen LogP contribution in [0.5, 0.6) is 11.5 Å². The molecule has 6 nitrogen and oxygen atoms in total. The Hall–Kier alpha value is -3.87. The second-order valence-corrected chi connectivity index (χ2v) is 8.31. The van der Waals surface area contributed by atoms with Crippen molar-refractivity contribution in [3.05, 3.63) is 83.4 Å². The maximum absolute atomic E-state index is 14.9. The van der Waals surface area contributed by atoms with Gasteiger partial charge in [-0.25, -0.2) is 9.37 Å². The molecule has 0 bridgehead atoms. The fourth-order valence-corrected chi connectivity index (χ4v) is 4.27. The molecule has 1 aliphatic heterocycles. The van der Waals surface area contributed by atoms with E-state index in [4.69, 9.17) is 4.74 Å². The average molecular weight is 445 g/mol. The van der Waals surface area contributed by atoms with Crippen molar-refractivity contribution < 1.29 is 13.9 Å². The topological polar surface area (TPSA) is 59.4 Å². The number of pyridine rings is 1. The lowest BCUT2D eigenvalue weighted by molar-refractivity contribution is 0.0787. The first-order valence-corrected chi connectivity index (χ1v) is 11.0. The van der Waals surface area contributed by atoms with Gasteiger partial charge in [0.1, 0.15) is 11.6 Å². The molecule has 0 aliphatic carbocycles. The molecule has 0 radical (unpaired) electrons. The number of halogens is 1. The van der Waals surface area contributed by atoms with Gasteiger partial charge in [-0.15, -0.1) is 0 Å². The van der Waals surface area contributed by atoms with Crippen molar-refractivity contribution in [3.8, 4) is 11.5 Å². The quantitative estimate of drug-likeness (QED) is 0.417. The summed E-state index contributed by atoms with van der Waals surface area (Å²) >= 11 is 0. The highest BCUT2D eigenvalue weighted by molar-refractivity contribution is 5.99. The predicted octanol–water partition coefficient (Wildman–Crippen LogP) is 5.65. The largest absolute Gasteiger partial charge is 0.454 e. The van der Waals surface area contributed by atoms with E-state index in [-0.39, 0.29) is 17.7 Å². The van der Waals surface area contributed by atoms with Crippen LogP contribution in [0.25, 0.3) is 10.9 Å². The van der Waals surface area contributed by atoms with E-state index in [1.165, 1.54) is 6.07 Å². The van der Waals surface area contributed by atoms with Gasteiger partial charge in [-0.2, -0.15) is 0 Å². The van der Waals surface area contributed by atoms with E-state index in [1.807, 2.05) is 62.0 Å². The number of aryl methyl sites for hydroxylation is 1. The van der Waals surface area contributed by atoms with Crippen LogP contribution < -0.4 is 10.1 Å².